The number of anilines is 1. The second-order valence-electron chi connectivity index (χ2n) is 5.12. The van der Waals surface area contributed by atoms with Gasteiger partial charge in [-0.1, -0.05) is 0 Å². The van der Waals surface area contributed by atoms with E-state index in [2.05, 4.69) is 23.8 Å². The first-order chi connectivity index (χ1) is 8.99. The molecule has 4 nitrogen and oxygen atoms in total. The maximum absolute atomic E-state index is 13.2. The summed E-state index contributed by atoms with van der Waals surface area (Å²) in [5, 5.41) is 9.23. The van der Waals surface area contributed by atoms with Crippen molar-refractivity contribution < 1.29 is 14.3 Å². The van der Waals surface area contributed by atoms with Crippen LogP contribution in [0.15, 0.2) is 18.2 Å². The summed E-state index contributed by atoms with van der Waals surface area (Å²) in [4.78, 5) is 15.6. The Balaban J connectivity index is 2.37. The number of carbonyl (C=O) groups is 1. The molecule has 19 heavy (non-hydrogen) atoms. The van der Waals surface area contributed by atoms with Gasteiger partial charge in [0.2, 0.25) is 0 Å². The van der Waals surface area contributed by atoms with E-state index in [-0.39, 0.29) is 11.6 Å². The van der Waals surface area contributed by atoms with Gasteiger partial charge in [0.1, 0.15) is 5.82 Å². The molecule has 1 N–H and O–H groups in total. The Labute approximate surface area is 112 Å². The van der Waals surface area contributed by atoms with Gasteiger partial charge >= 0.3 is 5.97 Å². The Bertz CT molecular complexity index is 479. The molecule has 0 amide bonds. The van der Waals surface area contributed by atoms with Crippen molar-refractivity contribution in [3.8, 4) is 0 Å². The van der Waals surface area contributed by atoms with Crippen molar-refractivity contribution >= 4 is 11.7 Å². The molecule has 1 fully saturated rings. The number of benzene rings is 1. The Morgan fingerprint density at radius 1 is 1.42 bits per heavy atom. The molecule has 2 rings (SSSR count). The lowest BCUT2D eigenvalue weighted by Crippen LogP contribution is -2.38. The van der Waals surface area contributed by atoms with Crippen molar-refractivity contribution in [2.24, 2.45) is 0 Å². The fraction of sp³-hybridized carbons (Fsp3) is 0.500. The fourth-order valence-corrected chi connectivity index (χ4v) is 2.66. The maximum atomic E-state index is 13.2. The first kappa shape index (κ1) is 13.8. The predicted octanol–water partition coefficient (Wildman–Crippen LogP) is 2.05. The van der Waals surface area contributed by atoms with E-state index < -0.39 is 11.8 Å². The summed E-state index contributed by atoms with van der Waals surface area (Å²) < 4.78 is 13.2. The van der Waals surface area contributed by atoms with Crippen molar-refractivity contribution in [1.29, 1.82) is 0 Å². The normalized spacial score (nSPS) is 21.2. The first-order valence-electron chi connectivity index (χ1n) is 6.47. The Morgan fingerprint density at radius 3 is 2.84 bits per heavy atom. The Hall–Kier alpha value is -1.62. The molecule has 1 aliphatic heterocycles. The van der Waals surface area contributed by atoms with Crippen LogP contribution in [0.1, 0.15) is 23.7 Å². The molecule has 1 unspecified atom stereocenters. The zero-order chi connectivity index (χ0) is 14.0. The van der Waals surface area contributed by atoms with E-state index in [9.17, 15) is 14.3 Å². The highest BCUT2D eigenvalue weighted by atomic mass is 19.1. The van der Waals surface area contributed by atoms with Gasteiger partial charge < -0.3 is 14.9 Å². The number of hydrogen-bond acceptors (Lipinski definition) is 3. The second kappa shape index (κ2) is 5.57. The van der Waals surface area contributed by atoms with E-state index >= 15 is 0 Å². The lowest BCUT2D eigenvalue weighted by Gasteiger charge is -2.31. The molecular formula is C14H19FN2O2. The number of likely N-dealkylation sites (N-methyl/N-ethyl adjacent to an activating group) is 1. The van der Waals surface area contributed by atoms with E-state index in [1.165, 1.54) is 6.07 Å². The topological polar surface area (TPSA) is 43.8 Å². The summed E-state index contributed by atoms with van der Waals surface area (Å²) in [5.41, 5.74) is 0.646. The molecule has 0 saturated carbocycles. The highest BCUT2D eigenvalue weighted by Gasteiger charge is 2.24. The van der Waals surface area contributed by atoms with E-state index in [1.807, 2.05) is 0 Å². The number of carboxylic acid groups (broad SMARTS) is 1. The van der Waals surface area contributed by atoms with Gasteiger partial charge in [-0.05, 0) is 45.1 Å². The predicted molar refractivity (Wildman–Crippen MR) is 72.3 cm³/mol. The number of nitrogens with zero attached hydrogens (tertiary/aromatic N) is 2. The lowest BCUT2D eigenvalue weighted by atomic mass is 10.1. The first-order valence-corrected chi connectivity index (χ1v) is 6.47. The van der Waals surface area contributed by atoms with Crippen LogP contribution in [0.5, 0.6) is 0 Å². The van der Waals surface area contributed by atoms with Crippen LogP contribution in [-0.2, 0) is 0 Å². The van der Waals surface area contributed by atoms with Gasteiger partial charge in [0.25, 0.3) is 0 Å². The minimum Gasteiger partial charge on any atom is -0.478 e. The van der Waals surface area contributed by atoms with Crippen molar-refractivity contribution in [3.05, 3.63) is 29.6 Å². The van der Waals surface area contributed by atoms with Crippen LogP contribution in [0.4, 0.5) is 10.1 Å². The van der Waals surface area contributed by atoms with E-state index in [0.717, 1.165) is 32.1 Å². The number of aromatic carboxylic acids is 1. The summed E-state index contributed by atoms with van der Waals surface area (Å²) >= 11 is 0. The van der Waals surface area contributed by atoms with E-state index in [0.29, 0.717) is 5.69 Å². The third-order valence-corrected chi connectivity index (χ3v) is 3.55. The molecule has 1 aromatic carbocycles. The molecule has 0 aliphatic carbocycles. The summed E-state index contributed by atoms with van der Waals surface area (Å²) in [7, 11) is 2.06. The van der Waals surface area contributed by atoms with Crippen LogP contribution in [0.2, 0.25) is 0 Å². The van der Waals surface area contributed by atoms with Gasteiger partial charge in [0, 0.05) is 19.1 Å². The van der Waals surface area contributed by atoms with Crippen LogP contribution in [-0.4, -0.2) is 48.7 Å². The molecule has 104 valence electrons. The van der Waals surface area contributed by atoms with E-state index in [4.69, 9.17) is 0 Å². The van der Waals surface area contributed by atoms with Gasteiger partial charge in [-0.25, -0.2) is 9.18 Å². The van der Waals surface area contributed by atoms with Crippen molar-refractivity contribution in [2.45, 2.75) is 19.4 Å². The van der Waals surface area contributed by atoms with E-state index in [1.54, 1.807) is 6.07 Å². The summed E-state index contributed by atoms with van der Waals surface area (Å²) in [6.07, 6.45) is 0.970. The average molecular weight is 266 g/mol. The van der Waals surface area contributed by atoms with Gasteiger partial charge in [0.05, 0.1) is 11.3 Å². The molecule has 1 saturated heterocycles. The second-order valence-corrected chi connectivity index (χ2v) is 5.12. The van der Waals surface area contributed by atoms with Crippen LogP contribution in [0.3, 0.4) is 0 Å². The molecular weight excluding hydrogens is 247 g/mol. The van der Waals surface area contributed by atoms with Crippen molar-refractivity contribution in [1.82, 2.24) is 4.90 Å². The SMILES string of the molecule is CC1CN(C)CCCN1c1ccc(F)cc1C(=O)O. The monoisotopic (exact) mass is 266 g/mol. The Kier molecular flexibility index (Phi) is 4.04. The molecule has 1 aromatic rings. The van der Waals surface area contributed by atoms with Crippen LogP contribution in [0.25, 0.3) is 0 Å². The largest absolute Gasteiger partial charge is 0.478 e. The zero-order valence-electron chi connectivity index (χ0n) is 11.3. The smallest absolute Gasteiger partial charge is 0.337 e. The minimum absolute atomic E-state index is 0.0383. The van der Waals surface area contributed by atoms with Gasteiger partial charge in [-0.3, -0.25) is 0 Å². The molecule has 1 aliphatic rings. The molecule has 0 spiro atoms. The fourth-order valence-electron chi connectivity index (χ4n) is 2.66. The summed E-state index contributed by atoms with van der Waals surface area (Å²) in [6, 6.07) is 4.19. The van der Waals surface area contributed by atoms with Gasteiger partial charge in [-0.2, -0.15) is 0 Å². The number of halogens is 1. The third kappa shape index (κ3) is 3.04. The number of rotatable bonds is 2. The van der Waals surface area contributed by atoms with Crippen LogP contribution < -0.4 is 4.90 Å². The lowest BCUT2D eigenvalue weighted by molar-refractivity contribution is 0.0697. The highest BCUT2D eigenvalue weighted by Crippen LogP contribution is 2.25. The number of carboxylic acids is 1. The standard InChI is InChI=1S/C14H19FN2O2/c1-10-9-16(2)6-3-7-17(10)13-5-4-11(15)8-12(13)14(18)19/h4-5,8,10H,3,6-7,9H2,1-2H3,(H,18,19). The molecule has 0 radical (unpaired) electrons. The average Bonchev–Trinajstić information content (AvgIpc) is 2.50. The van der Waals surface area contributed by atoms with Crippen molar-refractivity contribution in [3.63, 3.8) is 0 Å². The van der Waals surface area contributed by atoms with Gasteiger partial charge in [-0.15, -0.1) is 0 Å². The molecule has 0 aromatic heterocycles. The molecule has 1 atom stereocenters. The quantitative estimate of drug-likeness (QED) is 0.890. The summed E-state index contributed by atoms with van der Waals surface area (Å²) in [6.45, 7) is 4.72. The molecule has 1 heterocycles. The van der Waals surface area contributed by atoms with Gasteiger partial charge in [0.15, 0.2) is 0 Å². The molecule has 5 heteroatoms. The summed E-state index contributed by atoms with van der Waals surface area (Å²) in [5.74, 6) is -1.60. The Morgan fingerprint density at radius 2 is 2.16 bits per heavy atom. The maximum Gasteiger partial charge on any atom is 0.337 e. The zero-order valence-corrected chi connectivity index (χ0v) is 11.3. The van der Waals surface area contributed by atoms with Crippen LogP contribution in [0, 0.1) is 5.82 Å². The number of hydrogen-bond donors (Lipinski definition) is 1. The van der Waals surface area contributed by atoms with Crippen LogP contribution >= 0.6 is 0 Å². The van der Waals surface area contributed by atoms with Crippen molar-refractivity contribution in [2.75, 3.05) is 31.6 Å². The molecule has 0 bridgehead atoms. The minimum atomic E-state index is -1.08. The highest BCUT2D eigenvalue weighted by molar-refractivity contribution is 5.94. The third-order valence-electron chi connectivity index (χ3n) is 3.55.